The standard InChI is InChI=1S/C42H46FN4O9P/c1-8-42(52)29-18-33-36-27(20-47(33)38(49)28(29)21-54-39(42)50)35-31(15-14-26-23(3)30(43)19-32(44-36)34(26)35)45-37(48)24-10-12-25(13-11-24)46-57(53,9-2)56-22-41(6,7)55-17-16-40(4,5)51/h2,10-13,18-19,31,51-52H,8,14-17,20-22H2,1,3-7H3,(H,45,48)(H,46,53). The molecule has 0 saturated heterocycles. The lowest BCUT2D eigenvalue weighted by molar-refractivity contribution is -0.172. The highest BCUT2D eigenvalue weighted by Gasteiger charge is 2.46. The van der Waals surface area contributed by atoms with Gasteiger partial charge in [0.25, 0.3) is 11.5 Å². The topological polar surface area (TPSA) is 178 Å². The molecule has 0 fully saturated rings. The molecular formula is C42H46FN4O9P. The van der Waals surface area contributed by atoms with E-state index in [1.165, 1.54) is 10.6 Å². The van der Waals surface area contributed by atoms with Crippen LogP contribution in [0.2, 0.25) is 0 Å². The fourth-order valence-electron chi connectivity index (χ4n) is 7.77. The number of amides is 1. The van der Waals surface area contributed by atoms with E-state index in [4.69, 9.17) is 25.4 Å². The fraction of sp³-hybridized carbons (Fsp3) is 0.429. The number of esters is 1. The summed E-state index contributed by atoms with van der Waals surface area (Å²) in [6, 6.07) is 8.66. The molecule has 3 unspecified atom stereocenters. The average Bonchev–Trinajstić information content (AvgIpc) is 3.53. The monoisotopic (exact) mass is 800 g/mol. The minimum absolute atomic E-state index is 0.0136. The Labute approximate surface area is 329 Å². The number of carbonyl (C=O) groups excluding carboxylic acids is 2. The number of aryl methyl sites for hydroxylation is 1. The highest BCUT2D eigenvalue weighted by Crippen LogP contribution is 2.48. The summed E-state index contributed by atoms with van der Waals surface area (Å²) in [5.41, 5.74) is 2.87. The van der Waals surface area contributed by atoms with Crippen molar-refractivity contribution in [2.45, 2.75) is 103 Å². The van der Waals surface area contributed by atoms with Gasteiger partial charge in [-0.1, -0.05) is 6.92 Å². The Morgan fingerprint density at radius 1 is 1.18 bits per heavy atom. The van der Waals surface area contributed by atoms with E-state index in [1.54, 1.807) is 71.9 Å². The normalized spacial score (nSPS) is 19.5. The zero-order chi connectivity index (χ0) is 41.2. The van der Waals surface area contributed by atoms with Gasteiger partial charge in [0, 0.05) is 39.5 Å². The molecule has 4 heterocycles. The van der Waals surface area contributed by atoms with Crippen molar-refractivity contribution in [3.05, 3.63) is 91.5 Å². The number of terminal acetylenes is 1. The van der Waals surface area contributed by atoms with Crippen molar-refractivity contribution >= 4 is 36.0 Å². The molecule has 1 aliphatic carbocycles. The van der Waals surface area contributed by atoms with E-state index in [9.17, 15) is 29.2 Å². The van der Waals surface area contributed by atoms with E-state index in [0.29, 0.717) is 63.9 Å². The third-order valence-corrected chi connectivity index (χ3v) is 12.5. The van der Waals surface area contributed by atoms with Crippen molar-refractivity contribution in [3.63, 3.8) is 0 Å². The lowest BCUT2D eigenvalue weighted by Crippen LogP contribution is -2.44. The van der Waals surface area contributed by atoms with Gasteiger partial charge in [-0.15, -0.1) is 6.42 Å². The Balaban J connectivity index is 1.15. The van der Waals surface area contributed by atoms with Crippen LogP contribution in [0.4, 0.5) is 10.1 Å². The molecule has 4 aromatic rings. The number of aromatic nitrogens is 2. The molecule has 0 spiro atoms. The molecule has 0 radical (unpaired) electrons. The van der Waals surface area contributed by atoms with Gasteiger partial charge in [-0.2, -0.15) is 0 Å². The van der Waals surface area contributed by atoms with Crippen LogP contribution in [0.25, 0.3) is 22.3 Å². The van der Waals surface area contributed by atoms with Crippen LogP contribution in [-0.4, -0.2) is 56.1 Å². The van der Waals surface area contributed by atoms with Crippen LogP contribution in [0.1, 0.15) is 104 Å². The van der Waals surface area contributed by atoms with Crippen LogP contribution in [0.3, 0.4) is 0 Å². The van der Waals surface area contributed by atoms with E-state index in [2.05, 4.69) is 16.1 Å². The number of carbonyl (C=O) groups is 2. The van der Waals surface area contributed by atoms with Crippen molar-refractivity contribution in [1.82, 2.24) is 14.9 Å². The molecule has 13 nitrogen and oxygen atoms in total. The molecule has 0 bridgehead atoms. The largest absolute Gasteiger partial charge is 0.458 e. The number of fused-ring (bicyclic) bond motifs is 5. The van der Waals surface area contributed by atoms with Gasteiger partial charge in [0.15, 0.2) is 5.60 Å². The van der Waals surface area contributed by atoms with Crippen LogP contribution < -0.4 is 16.0 Å². The summed E-state index contributed by atoms with van der Waals surface area (Å²) in [4.78, 5) is 45.4. The Morgan fingerprint density at radius 2 is 1.89 bits per heavy atom. The van der Waals surface area contributed by atoms with Gasteiger partial charge in [0.2, 0.25) is 0 Å². The van der Waals surface area contributed by atoms with Gasteiger partial charge in [0.05, 0.1) is 59.5 Å². The highest BCUT2D eigenvalue weighted by atomic mass is 31.2. The minimum Gasteiger partial charge on any atom is -0.458 e. The first-order valence-corrected chi connectivity index (χ1v) is 20.5. The van der Waals surface area contributed by atoms with E-state index in [-0.39, 0.29) is 43.9 Å². The van der Waals surface area contributed by atoms with Crippen LogP contribution in [0.5, 0.6) is 0 Å². The molecule has 2 aliphatic heterocycles. The third-order valence-electron chi connectivity index (χ3n) is 11.1. The summed E-state index contributed by atoms with van der Waals surface area (Å²) in [6.45, 7) is 10.2. The number of ether oxygens (including phenoxy) is 2. The zero-order valence-electron chi connectivity index (χ0n) is 32.7. The summed E-state index contributed by atoms with van der Waals surface area (Å²) in [6.07, 6.45) is 6.91. The number of hydrogen-bond donors (Lipinski definition) is 4. The van der Waals surface area contributed by atoms with Crippen LogP contribution >= 0.6 is 7.52 Å². The zero-order valence-corrected chi connectivity index (χ0v) is 33.6. The van der Waals surface area contributed by atoms with E-state index < -0.39 is 53.6 Å². The SMILES string of the molecule is C#CP(=O)(Nc1ccc(C(=O)NC2CCc3c(C)c(F)cc4nc5c(c2c34)Cn2c-5cc3c(c2=O)COC(=O)C3(O)CC)cc1)OCC(C)(C)OCCC(C)(C)O. The summed E-state index contributed by atoms with van der Waals surface area (Å²) in [5.74, 6) is -1.66. The van der Waals surface area contributed by atoms with Gasteiger partial charge in [-0.3, -0.25) is 14.2 Å². The number of hydrogen-bond acceptors (Lipinski definition) is 10. The first kappa shape index (κ1) is 40.3. The van der Waals surface area contributed by atoms with Crippen molar-refractivity contribution in [1.29, 1.82) is 0 Å². The molecule has 3 aliphatic rings. The number of nitrogens with one attached hydrogen (secondary N) is 2. The summed E-state index contributed by atoms with van der Waals surface area (Å²) >= 11 is 0. The number of halogens is 1. The molecule has 57 heavy (non-hydrogen) atoms. The minimum atomic E-state index is -3.82. The summed E-state index contributed by atoms with van der Waals surface area (Å²) < 4.78 is 47.0. The molecule has 2 aromatic carbocycles. The molecule has 3 atom stereocenters. The number of benzene rings is 2. The van der Waals surface area contributed by atoms with Gasteiger partial charge in [-0.05, 0) is 107 Å². The predicted octanol–water partition coefficient (Wildman–Crippen LogP) is 6.11. The average molecular weight is 801 g/mol. The summed E-state index contributed by atoms with van der Waals surface area (Å²) in [7, 11) is -3.82. The van der Waals surface area contributed by atoms with E-state index in [1.807, 2.05) is 0 Å². The number of pyridine rings is 2. The first-order valence-electron chi connectivity index (χ1n) is 18.9. The molecular weight excluding hydrogens is 754 g/mol. The number of cyclic esters (lactones) is 1. The molecule has 15 heteroatoms. The number of nitrogens with zero attached hydrogens (tertiary/aromatic N) is 2. The van der Waals surface area contributed by atoms with Gasteiger partial charge >= 0.3 is 13.5 Å². The maximum atomic E-state index is 15.3. The molecule has 300 valence electrons. The number of anilines is 1. The molecule has 4 N–H and O–H groups in total. The lowest BCUT2D eigenvalue weighted by atomic mass is 9.81. The lowest BCUT2D eigenvalue weighted by Gasteiger charge is -2.31. The Morgan fingerprint density at radius 3 is 2.56 bits per heavy atom. The maximum Gasteiger partial charge on any atom is 0.367 e. The number of aliphatic hydroxyl groups is 2. The summed E-state index contributed by atoms with van der Waals surface area (Å²) in [5, 5.41) is 27.9. The van der Waals surface area contributed by atoms with Crippen LogP contribution in [-0.2, 0) is 48.5 Å². The van der Waals surface area contributed by atoms with Crippen molar-refractivity contribution < 1.29 is 42.8 Å². The van der Waals surface area contributed by atoms with Crippen molar-refractivity contribution in [2.75, 3.05) is 18.3 Å². The predicted molar refractivity (Wildman–Crippen MR) is 211 cm³/mol. The quantitative estimate of drug-likeness (QED) is 0.0650. The Bertz CT molecular complexity index is 2490. The van der Waals surface area contributed by atoms with E-state index >= 15 is 4.39 Å². The van der Waals surface area contributed by atoms with Gasteiger partial charge < -0.3 is 39.2 Å². The van der Waals surface area contributed by atoms with Crippen LogP contribution in [0, 0.1) is 24.8 Å². The number of rotatable bonds is 12. The fourth-order valence-corrected chi connectivity index (χ4v) is 8.96. The molecule has 7 rings (SSSR count). The maximum absolute atomic E-state index is 15.3. The second-order valence-electron chi connectivity index (χ2n) is 16.2. The Hall–Kier alpha value is -4.90. The van der Waals surface area contributed by atoms with Crippen molar-refractivity contribution in [2.24, 2.45) is 0 Å². The van der Waals surface area contributed by atoms with E-state index in [0.717, 1.165) is 11.1 Å². The second kappa shape index (κ2) is 14.5. The second-order valence-corrected chi connectivity index (χ2v) is 18.0. The van der Waals surface area contributed by atoms with Gasteiger partial charge in [0.1, 0.15) is 12.4 Å². The molecule has 1 amide bonds. The van der Waals surface area contributed by atoms with Crippen LogP contribution in [0.15, 0.2) is 41.2 Å². The highest BCUT2D eigenvalue weighted by molar-refractivity contribution is 7.65. The molecule has 0 saturated carbocycles. The smallest absolute Gasteiger partial charge is 0.367 e. The van der Waals surface area contributed by atoms with Gasteiger partial charge in [-0.25, -0.2) is 14.2 Å². The molecule has 2 aromatic heterocycles. The third kappa shape index (κ3) is 7.39. The van der Waals surface area contributed by atoms with Crippen molar-refractivity contribution in [3.8, 4) is 23.5 Å². The Kier molecular flexibility index (Phi) is 10.2. The first-order chi connectivity index (χ1) is 26.8.